The van der Waals surface area contributed by atoms with Crippen LogP contribution in [0, 0.1) is 0 Å². The molecule has 0 rings (SSSR count). The quantitative estimate of drug-likeness (QED) is 0.283. The van der Waals surface area contributed by atoms with Gasteiger partial charge in [-0.2, -0.15) is 0 Å². The molecule has 0 aliphatic rings. The summed E-state index contributed by atoms with van der Waals surface area (Å²) in [6, 6.07) is -0.833. The van der Waals surface area contributed by atoms with E-state index >= 15 is 0 Å². The van der Waals surface area contributed by atoms with Crippen molar-refractivity contribution in [3.05, 3.63) is 12.2 Å². The molecule has 0 aliphatic heterocycles. The molecule has 0 aliphatic carbocycles. The number of nitrogens with two attached hydrogens (primary N) is 2. The molecule has 5 N–H and O–H groups in total. The highest BCUT2D eigenvalue weighted by molar-refractivity contribution is 5.69. The second kappa shape index (κ2) is 21.5. The Morgan fingerprint density at radius 3 is 1.54 bits per heavy atom. The molecule has 0 bridgehead atoms. The van der Waals surface area contributed by atoms with Gasteiger partial charge in [-0.25, -0.2) is 4.79 Å². The van der Waals surface area contributed by atoms with Gasteiger partial charge in [0.15, 0.2) is 0 Å². The van der Waals surface area contributed by atoms with Crippen LogP contribution in [0.5, 0.6) is 0 Å². The number of carbonyl (C=O) groups is 2. The molecule has 0 heterocycles. The minimum Gasteiger partial charge on any atom is -0.481 e. The zero-order valence-electron chi connectivity index (χ0n) is 15.5. The Morgan fingerprint density at radius 1 is 0.750 bits per heavy atom. The summed E-state index contributed by atoms with van der Waals surface area (Å²) >= 11 is 0. The molecular weight excluding hydrogens is 304 g/mol. The van der Waals surface area contributed by atoms with Gasteiger partial charge in [-0.05, 0) is 32.1 Å². The number of amides is 2. The van der Waals surface area contributed by atoms with Gasteiger partial charge in [0.1, 0.15) is 0 Å². The maximum Gasteiger partial charge on any atom is 0.309 e. The van der Waals surface area contributed by atoms with E-state index < -0.39 is 12.0 Å². The smallest absolute Gasteiger partial charge is 0.309 e. The molecule has 0 saturated carbocycles. The summed E-state index contributed by atoms with van der Waals surface area (Å²) in [7, 11) is 0. The Morgan fingerprint density at radius 2 is 1.12 bits per heavy atom. The van der Waals surface area contributed by atoms with Crippen LogP contribution in [-0.4, -0.2) is 17.1 Å². The zero-order chi connectivity index (χ0) is 18.5. The van der Waals surface area contributed by atoms with Gasteiger partial charge in [-0.15, -0.1) is 0 Å². The largest absolute Gasteiger partial charge is 0.481 e. The number of rotatable bonds is 15. The fraction of sp³-hybridized carbons (Fsp3) is 0.789. The van der Waals surface area contributed by atoms with Gasteiger partial charge in [-0.1, -0.05) is 70.4 Å². The van der Waals surface area contributed by atoms with Gasteiger partial charge in [0.05, 0.1) is 0 Å². The van der Waals surface area contributed by atoms with Crippen molar-refractivity contribution in [2.75, 3.05) is 0 Å². The van der Waals surface area contributed by atoms with E-state index in [0.29, 0.717) is 6.42 Å². The van der Waals surface area contributed by atoms with Crippen LogP contribution in [-0.2, 0) is 4.79 Å². The van der Waals surface area contributed by atoms with E-state index in [1.807, 2.05) is 0 Å². The number of allylic oxidation sites excluding steroid dienone is 2. The summed E-state index contributed by atoms with van der Waals surface area (Å²) in [5, 5.41) is 8.51. The van der Waals surface area contributed by atoms with Crippen LogP contribution in [0.25, 0.3) is 0 Å². The number of primary amides is 2. The van der Waals surface area contributed by atoms with Crippen LogP contribution < -0.4 is 11.5 Å². The molecule has 0 unspecified atom stereocenters. The lowest BCUT2D eigenvalue weighted by atomic mass is 10.1. The number of hydrogen-bond donors (Lipinski definition) is 3. The van der Waals surface area contributed by atoms with Gasteiger partial charge in [0.25, 0.3) is 0 Å². The second-order valence-corrected chi connectivity index (χ2v) is 6.13. The van der Waals surface area contributed by atoms with E-state index in [-0.39, 0.29) is 0 Å². The Hall–Kier alpha value is -1.52. The summed E-state index contributed by atoms with van der Waals surface area (Å²) in [4.78, 5) is 19.3. The van der Waals surface area contributed by atoms with Crippen LogP contribution in [0.3, 0.4) is 0 Å². The van der Waals surface area contributed by atoms with Crippen molar-refractivity contribution in [2.24, 2.45) is 11.5 Å². The molecule has 0 aromatic rings. The first kappa shape index (κ1) is 24.7. The highest BCUT2D eigenvalue weighted by atomic mass is 16.4. The van der Waals surface area contributed by atoms with Crippen molar-refractivity contribution in [1.82, 2.24) is 0 Å². The summed E-state index contributed by atoms with van der Waals surface area (Å²) in [6.45, 7) is 2.26. The van der Waals surface area contributed by atoms with Crippen LogP contribution in [0.4, 0.5) is 4.79 Å². The van der Waals surface area contributed by atoms with E-state index in [0.717, 1.165) is 12.8 Å². The number of carboxylic acids is 1. The first-order chi connectivity index (χ1) is 11.5. The zero-order valence-corrected chi connectivity index (χ0v) is 15.5. The van der Waals surface area contributed by atoms with Crippen molar-refractivity contribution < 1.29 is 14.7 Å². The van der Waals surface area contributed by atoms with Gasteiger partial charge in [0, 0.05) is 6.42 Å². The first-order valence-electron chi connectivity index (χ1n) is 9.42. The minimum atomic E-state index is -0.833. The van der Waals surface area contributed by atoms with Gasteiger partial charge in [-0.3, -0.25) is 4.79 Å². The first-order valence-corrected chi connectivity index (χ1v) is 9.42. The summed E-state index contributed by atoms with van der Waals surface area (Å²) in [5.41, 5.74) is 8.50. The Balaban J connectivity index is 0. The predicted octanol–water partition coefficient (Wildman–Crippen LogP) is 5.13. The number of unbranched alkanes of at least 4 members (excludes halogenated alkanes) is 11. The van der Waals surface area contributed by atoms with Gasteiger partial charge < -0.3 is 16.6 Å². The highest BCUT2D eigenvalue weighted by Crippen LogP contribution is 2.09. The molecule has 0 saturated heterocycles. The van der Waals surface area contributed by atoms with Crippen molar-refractivity contribution >= 4 is 12.0 Å². The average Bonchev–Trinajstić information content (AvgIpc) is 2.50. The van der Waals surface area contributed by atoms with Gasteiger partial charge in [0.2, 0.25) is 0 Å². The monoisotopic (exact) mass is 342 g/mol. The van der Waals surface area contributed by atoms with E-state index in [2.05, 4.69) is 30.5 Å². The average molecular weight is 343 g/mol. The van der Waals surface area contributed by atoms with E-state index in [1.54, 1.807) is 0 Å². The SMILES string of the molecule is CCCCCCCCC=CCCCCCCCC(=O)O.NC(N)=O. The molecule has 142 valence electrons. The molecule has 0 spiro atoms. The van der Waals surface area contributed by atoms with Crippen molar-refractivity contribution in [3.8, 4) is 0 Å². The van der Waals surface area contributed by atoms with Crippen molar-refractivity contribution in [1.29, 1.82) is 0 Å². The highest BCUT2D eigenvalue weighted by Gasteiger charge is 1.95. The fourth-order valence-electron chi connectivity index (χ4n) is 2.35. The third-order valence-corrected chi connectivity index (χ3v) is 3.65. The van der Waals surface area contributed by atoms with Crippen LogP contribution in [0.15, 0.2) is 12.2 Å². The summed E-state index contributed by atoms with van der Waals surface area (Å²) in [5.74, 6) is -0.664. The Kier molecular flexibility index (Phi) is 22.1. The minimum absolute atomic E-state index is 0.332. The third-order valence-electron chi connectivity index (χ3n) is 3.65. The summed E-state index contributed by atoms with van der Waals surface area (Å²) < 4.78 is 0. The van der Waals surface area contributed by atoms with Gasteiger partial charge >= 0.3 is 12.0 Å². The van der Waals surface area contributed by atoms with Crippen molar-refractivity contribution in [3.63, 3.8) is 0 Å². The second-order valence-electron chi connectivity index (χ2n) is 6.13. The third kappa shape index (κ3) is 32.4. The lowest BCUT2D eigenvalue weighted by Crippen LogP contribution is -2.18. The van der Waals surface area contributed by atoms with E-state index in [4.69, 9.17) is 9.90 Å². The topological polar surface area (TPSA) is 106 Å². The predicted molar refractivity (Wildman–Crippen MR) is 101 cm³/mol. The Bertz CT molecular complexity index is 314. The number of hydrogen-bond acceptors (Lipinski definition) is 2. The number of carboxylic acid groups (broad SMARTS) is 1. The number of urea groups is 1. The van der Waals surface area contributed by atoms with Crippen molar-refractivity contribution in [2.45, 2.75) is 96.8 Å². The van der Waals surface area contributed by atoms with Crippen LogP contribution in [0.2, 0.25) is 0 Å². The van der Waals surface area contributed by atoms with Crippen LogP contribution in [0.1, 0.15) is 96.8 Å². The molecule has 2 amide bonds. The fourth-order valence-corrected chi connectivity index (χ4v) is 2.35. The molecule has 0 aromatic heterocycles. The number of aliphatic carboxylic acids is 1. The van der Waals surface area contributed by atoms with E-state index in [9.17, 15) is 4.79 Å². The molecule has 0 aromatic carbocycles. The normalized spacial score (nSPS) is 10.4. The molecule has 0 atom stereocenters. The van der Waals surface area contributed by atoms with Crippen LogP contribution >= 0.6 is 0 Å². The molecule has 0 radical (unpaired) electrons. The molecular formula is C19H38N2O3. The molecule has 24 heavy (non-hydrogen) atoms. The molecule has 0 fully saturated rings. The van der Waals surface area contributed by atoms with E-state index in [1.165, 1.54) is 70.6 Å². The lowest BCUT2D eigenvalue weighted by molar-refractivity contribution is -0.137. The maximum absolute atomic E-state index is 10.3. The number of carbonyl (C=O) groups excluding carboxylic acids is 1. The summed E-state index contributed by atoms with van der Waals surface area (Å²) in [6.07, 6.45) is 21.2. The maximum atomic E-state index is 10.3. The lowest BCUT2D eigenvalue weighted by Gasteiger charge is -1.99. The molecule has 5 heteroatoms. The Labute approximate surface area is 147 Å². The standard InChI is InChI=1S/C18H34O2.CH4N2O/c1-2-3-4-5-6-7-8-9-10-11-12-13-14-15-16-17-18(19)20;2-1(3)4/h9-10H,2-8,11-17H2,1H3,(H,19,20);(H4,2,3,4). The molecule has 5 nitrogen and oxygen atoms in total.